The van der Waals surface area contributed by atoms with Crippen LogP contribution in [0.4, 0.5) is 0 Å². The van der Waals surface area contributed by atoms with E-state index in [-0.39, 0.29) is 0 Å². The Labute approximate surface area is 66.6 Å². The second-order valence-corrected chi connectivity index (χ2v) is 3.66. The van der Waals surface area contributed by atoms with Gasteiger partial charge in [0.05, 0.1) is 12.2 Å². The molecule has 11 heavy (non-hydrogen) atoms. The van der Waals surface area contributed by atoms with E-state index < -0.39 is 12.2 Å². The van der Waals surface area contributed by atoms with Crippen molar-refractivity contribution >= 4 is 0 Å². The van der Waals surface area contributed by atoms with Gasteiger partial charge in [0.1, 0.15) is 0 Å². The third kappa shape index (κ3) is 1.28. The number of aliphatic hydroxyl groups excluding tert-OH is 2. The molecule has 2 heterocycles. The molecule has 0 aromatic carbocycles. The van der Waals surface area contributed by atoms with E-state index in [0.717, 1.165) is 13.0 Å². The summed E-state index contributed by atoms with van der Waals surface area (Å²) in [6.07, 6.45) is 2.20. The van der Waals surface area contributed by atoms with Crippen molar-refractivity contribution in [1.29, 1.82) is 0 Å². The number of fused-ring (bicyclic) bond motifs is 1. The molecule has 3 heteroatoms. The van der Waals surface area contributed by atoms with Crippen LogP contribution in [0.25, 0.3) is 0 Å². The number of piperidine rings is 1. The Bertz CT molecular complexity index is 135. The van der Waals surface area contributed by atoms with Gasteiger partial charge in [0.15, 0.2) is 0 Å². The van der Waals surface area contributed by atoms with Gasteiger partial charge in [-0.15, -0.1) is 0 Å². The molecule has 0 aliphatic carbocycles. The summed E-state index contributed by atoms with van der Waals surface area (Å²) in [7, 11) is 0. The van der Waals surface area contributed by atoms with Crippen LogP contribution in [0.15, 0.2) is 0 Å². The molecular formula is C8H15NO2. The average Bonchev–Trinajstić information content (AvgIpc) is 2.36. The molecule has 0 saturated carbocycles. The van der Waals surface area contributed by atoms with Crippen LogP contribution in [0.5, 0.6) is 0 Å². The molecule has 0 radical (unpaired) electrons. The fraction of sp³-hybridized carbons (Fsp3) is 1.00. The van der Waals surface area contributed by atoms with Gasteiger partial charge in [-0.25, -0.2) is 0 Å². The molecule has 2 rings (SSSR count). The van der Waals surface area contributed by atoms with Crippen LogP contribution in [0.1, 0.15) is 19.3 Å². The van der Waals surface area contributed by atoms with E-state index in [4.69, 9.17) is 0 Å². The molecule has 0 unspecified atom stereocenters. The molecule has 3 nitrogen and oxygen atoms in total. The van der Waals surface area contributed by atoms with Crippen LogP contribution in [-0.2, 0) is 0 Å². The van der Waals surface area contributed by atoms with E-state index >= 15 is 0 Å². The van der Waals surface area contributed by atoms with E-state index in [0.29, 0.717) is 12.6 Å². The topological polar surface area (TPSA) is 43.7 Å². The SMILES string of the molecule is O[C@@H]1C[C@H]2CCCN2C[C@@H]1O. The monoisotopic (exact) mass is 157 g/mol. The fourth-order valence-electron chi connectivity index (χ4n) is 2.20. The molecule has 0 bridgehead atoms. The summed E-state index contributed by atoms with van der Waals surface area (Å²) in [6.45, 7) is 1.78. The van der Waals surface area contributed by atoms with Gasteiger partial charge in [0.25, 0.3) is 0 Å². The predicted molar refractivity (Wildman–Crippen MR) is 41.2 cm³/mol. The molecule has 2 aliphatic heterocycles. The van der Waals surface area contributed by atoms with Crippen molar-refractivity contribution < 1.29 is 10.2 Å². The highest BCUT2D eigenvalue weighted by atomic mass is 16.3. The lowest BCUT2D eigenvalue weighted by Crippen LogP contribution is -2.49. The van der Waals surface area contributed by atoms with Gasteiger partial charge in [-0.3, -0.25) is 4.90 Å². The van der Waals surface area contributed by atoms with Gasteiger partial charge in [0.2, 0.25) is 0 Å². The third-order valence-electron chi connectivity index (χ3n) is 2.88. The zero-order valence-corrected chi connectivity index (χ0v) is 6.61. The summed E-state index contributed by atoms with van der Waals surface area (Å²) in [5.41, 5.74) is 0. The standard InChI is InChI=1S/C8H15NO2/c10-7-4-6-2-1-3-9(6)5-8(7)11/h6-8,10-11H,1-5H2/t6-,7-,8+/m1/s1. The highest BCUT2D eigenvalue weighted by Gasteiger charge is 2.35. The summed E-state index contributed by atoms with van der Waals surface area (Å²) in [5.74, 6) is 0. The Morgan fingerprint density at radius 1 is 1.18 bits per heavy atom. The Morgan fingerprint density at radius 3 is 2.82 bits per heavy atom. The first-order valence-corrected chi connectivity index (χ1v) is 4.37. The maximum absolute atomic E-state index is 9.35. The van der Waals surface area contributed by atoms with E-state index in [2.05, 4.69) is 4.90 Å². The quantitative estimate of drug-likeness (QED) is 0.502. The summed E-state index contributed by atoms with van der Waals surface area (Å²) in [6, 6.07) is 0.549. The number of hydrogen-bond acceptors (Lipinski definition) is 3. The van der Waals surface area contributed by atoms with Crippen molar-refractivity contribution in [2.45, 2.75) is 37.5 Å². The van der Waals surface area contributed by atoms with Crippen molar-refractivity contribution in [2.75, 3.05) is 13.1 Å². The summed E-state index contributed by atoms with van der Waals surface area (Å²) >= 11 is 0. The van der Waals surface area contributed by atoms with Crippen LogP contribution in [0.2, 0.25) is 0 Å². The van der Waals surface area contributed by atoms with E-state index in [1.54, 1.807) is 0 Å². The summed E-state index contributed by atoms with van der Waals surface area (Å²) < 4.78 is 0. The summed E-state index contributed by atoms with van der Waals surface area (Å²) in [5, 5.41) is 18.7. The Hall–Kier alpha value is -0.120. The highest BCUT2D eigenvalue weighted by molar-refractivity contribution is 4.90. The first-order valence-electron chi connectivity index (χ1n) is 4.37. The van der Waals surface area contributed by atoms with Crippen molar-refractivity contribution in [2.24, 2.45) is 0 Å². The number of rotatable bonds is 0. The largest absolute Gasteiger partial charge is 0.390 e. The van der Waals surface area contributed by atoms with Crippen LogP contribution < -0.4 is 0 Å². The highest BCUT2D eigenvalue weighted by Crippen LogP contribution is 2.26. The molecule has 2 saturated heterocycles. The Kier molecular flexibility index (Phi) is 1.87. The van der Waals surface area contributed by atoms with E-state index in [1.165, 1.54) is 12.8 Å². The van der Waals surface area contributed by atoms with Gasteiger partial charge in [-0.2, -0.15) is 0 Å². The van der Waals surface area contributed by atoms with Gasteiger partial charge in [-0.05, 0) is 25.8 Å². The fourth-order valence-corrected chi connectivity index (χ4v) is 2.20. The van der Waals surface area contributed by atoms with E-state index in [9.17, 15) is 10.2 Å². The average molecular weight is 157 g/mol. The molecule has 0 spiro atoms. The minimum absolute atomic E-state index is 0.477. The van der Waals surface area contributed by atoms with Gasteiger partial charge >= 0.3 is 0 Å². The second kappa shape index (κ2) is 2.73. The molecule has 64 valence electrons. The molecule has 0 aromatic rings. The van der Waals surface area contributed by atoms with Crippen molar-refractivity contribution in [3.63, 3.8) is 0 Å². The van der Waals surface area contributed by atoms with Crippen LogP contribution in [-0.4, -0.2) is 46.5 Å². The van der Waals surface area contributed by atoms with Crippen molar-refractivity contribution in [1.82, 2.24) is 4.90 Å². The number of aliphatic hydroxyl groups is 2. The maximum atomic E-state index is 9.35. The van der Waals surface area contributed by atoms with Crippen molar-refractivity contribution in [3.8, 4) is 0 Å². The second-order valence-electron chi connectivity index (χ2n) is 3.66. The van der Waals surface area contributed by atoms with E-state index in [1.807, 2.05) is 0 Å². The maximum Gasteiger partial charge on any atom is 0.0926 e. The molecule has 0 amide bonds. The zero-order valence-electron chi connectivity index (χ0n) is 6.61. The molecule has 2 aliphatic rings. The lowest BCUT2D eigenvalue weighted by molar-refractivity contribution is -0.0501. The molecule has 3 atom stereocenters. The third-order valence-corrected chi connectivity index (χ3v) is 2.88. The minimum atomic E-state index is -0.510. The smallest absolute Gasteiger partial charge is 0.0926 e. The normalized spacial score (nSPS) is 45.8. The van der Waals surface area contributed by atoms with Gasteiger partial charge in [0, 0.05) is 12.6 Å². The minimum Gasteiger partial charge on any atom is -0.390 e. The first kappa shape index (κ1) is 7.53. The lowest BCUT2D eigenvalue weighted by Gasteiger charge is -2.35. The Morgan fingerprint density at radius 2 is 2.00 bits per heavy atom. The molecule has 0 aromatic heterocycles. The van der Waals surface area contributed by atoms with Crippen LogP contribution >= 0.6 is 0 Å². The Balaban J connectivity index is 2.00. The lowest BCUT2D eigenvalue weighted by atomic mass is 9.98. The zero-order chi connectivity index (χ0) is 7.84. The van der Waals surface area contributed by atoms with Crippen LogP contribution in [0.3, 0.4) is 0 Å². The predicted octanol–water partition coefficient (Wildman–Crippen LogP) is -0.424. The molecular weight excluding hydrogens is 142 g/mol. The van der Waals surface area contributed by atoms with Gasteiger partial charge < -0.3 is 10.2 Å². The molecule has 2 fully saturated rings. The van der Waals surface area contributed by atoms with Crippen molar-refractivity contribution in [3.05, 3.63) is 0 Å². The van der Waals surface area contributed by atoms with Gasteiger partial charge in [-0.1, -0.05) is 0 Å². The number of hydrogen-bond donors (Lipinski definition) is 2. The first-order chi connectivity index (χ1) is 5.27. The van der Waals surface area contributed by atoms with Crippen LogP contribution in [0, 0.1) is 0 Å². The summed E-state index contributed by atoms with van der Waals surface area (Å²) in [4.78, 5) is 2.29. The molecule has 2 N–H and O–H groups in total. The number of nitrogens with zero attached hydrogens (tertiary/aromatic N) is 1.